The van der Waals surface area contributed by atoms with Gasteiger partial charge in [0, 0.05) is 17.1 Å². The molecule has 0 atom stereocenters. The van der Waals surface area contributed by atoms with Crippen LogP contribution in [-0.2, 0) is 0 Å². The van der Waals surface area contributed by atoms with Gasteiger partial charge >= 0.3 is 0 Å². The standard InChI is InChI=1S/C15H15N5S/c1-21-15-18-13(9-14(19-15)20-16)17-12-8-4-6-10-5-2-3-7-11(10)12/h2-9H,16H2,1H3,(H2,17,18,19,20). The van der Waals surface area contributed by atoms with Crippen LogP contribution >= 0.6 is 11.8 Å². The first-order valence-electron chi connectivity index (χ1n) is 6.44. The molecule has 0 saturated heterocycles. The maximum absolute atomic E-state index is 5.45. The Morgan fingerprint density at radius 2 is 1.76 bits per heavy atom. The molecule has 0 bridgehead atoms. The molecule has 0 aliphatic carbocycles. The van der Waals surface area contributed by atoms with E-state index in [0.717, 1.165) is 11.1 Å². The van der Waals surface area contributed by atoms with Crippen LogP contribution < -0.4 is 16.6 Å². The number of hydrazine groups is 1. The van der Waals surface area contributed by atoms with Crippen molar-refractivity contribution < 1.29 is 0 Å². The lowest BCUT2D eigenvalue weighted by molar-refractivity contribution is 0.971. The zero-order valence-corrected chi connectivity index (χ0v) is 12.3. The van der Waals surface area contributed by atoms with Crippen LogP contribution in [0.5, 0.6) is 0 Å². The second-order valence-corrected chi connectivity index (χ2v) is 5.19. The average molecular weight is 297 g/mol. The molecule has 2 aromatic carbocycles. The Hall–Kier alpha value is -2.31. The Morgan fingerprint density at radius 3 is 2.57 bits per heavy atom. The highest BCUT2D eigenvalue weighted by Gasteiger charge is 2.05. The van der Waals surface area contributed by atoms with Gasteiger partial charge in [-0.25, -0.2) is 15.8 Å². The Morgan fingerprint density at radius 1 is 1.00 bits per heavy atom. The normalized spacial score (nSPS) is 10.6. The third kappa shape index (κ3) is 2.91. The van der Waals surface area contributed by atoms with E-state index in [1.54, 1.807) is 6.07 Å². The minimum Gasteiger partial charge on any atom is -0.340 e. The highest BCUT2D eigenvalue weighted by Crippen LogP contribution is 2.27. The number of thioether (sulfide) groups is 1. The summed E-state index contributed by atoms with van der Waals surface area (Å²) in [4.78, 5) is 8.70. The molecule has 0 saturated carbocycles. The Kier molecular flexibility index (Phi) is 3.89. The minimum atomic E-state index is 0.581. The molecule has 3 rings (SSSR count). The van der Waals surface area contributed by atoms with Crippen LogP contribution in [0.2, 0.25) is 0 Å². The number of aromatic nitrogens is 2. The summed E-state index contributed by atoms with van der Waals surface area (Å²) in [5.74, 6) is 6.74. The molecule has 0 fully saturated rings. The monoisotopic (exact) mass is 297 g/mol. The zero-order chi connectivity index (χ0) is 14.7. The van der Waals surface area contributed by atoms with Crippen LogP contribution in [0.25, 0.3) is 10.8 Å². The van der Waals surface area contributed by atoms with Crippen molar-refractivity contribution in [1.29, 1.82) is 0 Å². The summed E-state index contributed by atoms with van der Waals surface area (Å²) in [5, 5.41) is 6.32. The van der Waals surface area contributed by atoms with Crippen LogP contribution in [0.1, 0.15) is 0 Å². The number of hydrogen-bond donors (Lipinski definition) is 3. The van der Waals surface area contributed by atoms with Crippen molar-refractivity contribution in [2.24, 2.45) is 5.84 Å². The van der Waals surface area contributed by atoms with Gasteiger partial charge in [0.1, 0.15) is 11.6 Å². The van der Waals surface area contributed by atoms with Crippen LogP contribution in [0.4, 0.5) is 17.3 Å². The van der Waals surface area contributed by atoms with Crippen molar-refractivity contribution in [1.82, 2.24) is 9.97 Å². The Labute approximate surface area is 127 Å². The molecule has 5 nitrogen and oxygen atoms in total. The van der Waals surface area contributed by atoms with Gasteiger partial charge in [-0.2, -0.15) is 0 Å². The lowest BCUT2D eigenvalue weighted by Gasteiger charge is -2.11. The quantitative estimate of drug-likeness (QED) is 0.297. The van der Waals surface area contributed by atoms with E-state index in [4.69, 9.17) is 5.84 Å². The number of anilines is 3. The van der Waals surface area contributed by atoms with Crippen LogP contribution in [0.15, 0.2) is 53.7 Å². The summed E-state index contributed by atoms with van der Waals surface area (Å²) in [7, 11) is 0. The Bertz CT molecular complexity index is 747. The first kappa shape index (κ1) is 13.7. The fourth-order valence-corrected chi connectivity index (χ4v) is 2.51. The van der Waals surface area contributed by atoms with Crippen molar-refractivity contribution in [2.45, 2.75) is 5.16 Å². The maximum Gasteiger partial charge on any atom is 0.191 e. The fraction of sp³-hybridized carbons (Fsp3) is 0.0667. The molecule has 1 aromatic heterocycles. The molecule has 1 heterocycles. The van der Waals surface area contributed by atoms with Gasteiger partial charge in [0.05, 0.1) is 0 Å². The van der Waals surface area contributed by atoms with Gasteiger partial charge in [-0.1, -0.05) is 48.2 Å². The molecule has 0 amide bonds. The highest BCUT2D eigenvalue weighted by molar-refractivity contribution is 7.98. The molecule has 0 radical (unpaired) electrons. The summed E-state index contributed by atoms with van der Waals surface area (Å²) in [6.45, 7) is 0. The average Bonchev–Trinajstić information content (AvgIpc) is 2.55. The predicted molar refractivity (Wildman–Crippen MR) is 88.9 cm³/mol. The van der Waals surface area contributed by atoms with Gasteiger partial charge in [-0.3, -0.25) is 0 Å². The second kappa shape index (κ2) is 5.99. The molecule has 21 heavy (non-hydrogen) atoms. The van der Waals surface area contributed by atoms with Gasteiger partial charge in [-0.05, 0) is 17.7 Å². The molecule has 3 aromatic rings. The molecule has 0 aliphatic rings. The molecule has 4 N–H and O–H groups in total. The molecule has 106 valence electrons. The lowest BCUT2D eigenvalue weighted by atomic mass is 10.1. The second-order valence-electron chi connectivity index (χ2n) is 4.42. The van der Waals surface area contributed by atoms with E-state index in [2.05, 4.69) is 38.9 Å². The van der Waals surface area contributed by atoms with E-state index in [1.165, 1.54) is 17.1 Å². The van der Waals surface area contributed by atoms with Crippen molar-refractivity contribution in [3.05, 3.63) is 48.5 Å². The zero-order valence-electron chi connectivity index (χ0n) is 11.5. The summed E-state index contributed by atoms with van der Waals surface area (Å²) < 4.78 is 0. The first-order chi connectivity index (χ1) is 10.3. The molecule has 0 aliphatic heterocycles. The third-order valence-corrected chi connectivity index (χ3v) is 3.64. The van der Waals surface area contributed by atoms with Crippen LogP contribution in [0, 0.1) is 0 Å². The summed E-state index contributed by atoms with van der Waals surface area (Å²) in [6.07, 6.45) is 1.93. The lowest BCUT2D eigenvalue weighted by Crippen LogP contribution is -2.10. The Balaban J connectivity index is 2.02. The molecule has 6 heteroatoms. The van der Waals surface area contributed by atoms with Crippen LogP contribution in [-0.4, -0.2) is 16.2 Å². The molecule has 0 unspecified atom stereocenters. The maximum atomic E-state index is 5.45. The highest BCUT2D eigenvalue weighted by atomic mass is 32.2. The van der Waals surface area contributed by atoms with Gasteiger partial charge in [-0.15, -0.1) is 0 Å². The first-order valence-corrected chi connectivity index (χ1v) is 7.67. The predicted octanol–water partition coefficient (Wildman–Crippen LogP) is 3.38. The van der Waals surface area contributed by atoms with E-state index >= 15 is 0 Å². The van der Waals surface area contributed by atoms with E-state index in [0.29, 0.717) is 16.8 Å². The molecular weight excluding hydrogens is 282 g/mol. The number of benzene rings is 2. The number of nitrogens with zero attached hydrogens (tertiary/aromatic N) is 2. The number of rotatable bonds is 4. The van der Waals surface area contributed by atoms with E-state index in [1.807, 2.05) is 30.5 Å². The summed E-state index contributed by atoms with van der Waals surface area (Å²) in [5.41, 5.74) is 3.56. The summed E-state index contributed by atoms with van der Waals surface area (Å²) in [6, 6.07) is 16.1. The molecular formula is C15H15N5S. The number of hydrogen-bond acceptors (Lipinski definition) is 6. The summed E-state index contributed by atoms with van der Waals surface area (Å²) >= 11 is 1.47. The van der Waals surface area contributed by atoms with E-state index in [9.17, 15) is 0 Å². The van der Waals surface area contributed by atoms with Crippen molar-refractivity contribution in [2.75, 3.05) is 17.0 Å². The van der Waals surface area contributed by atoms with E-state index in [-0.39, 0.29) is 0 Å². The largest absolute Gasteiger partial charge is 0.340 e. The van der Waals surface area contributed by atoms with Crippen molar-refractivity contribution >= 4 is 39.9 Å². The number of nitrogens with one attached hydrogen (secondary N) is 2. The minimum absolute atomic E-state index is 0.581. The van der Waals surface area contributed by atoms with Crippen molar-refractivity contribution in [3.63, 3.8) is 0 Å². The fourth-order valence-electron chi connectivity index (χ4n) is 2.13. The van der Waals surface area contributed by atoms with Gasteiger partial charge in [0.15, 0.2) is 5.16 Å². The number of nitrogen functional groups attached to an aromatic ring is 1. The van der Waals surface area contributed by atoms with Gasteiger partial charge in [0.25, 0.3) is 0 Å². The van der Waals surface area contributed by atoms with Crippen molar-refractivity contribution in [3.8, 4) is 0 Å². The third-order valence-electron chi connectivity index (χ3n) is 3.09. The number of fused-ring (bicyclic) bond motifs is 1. The molecule has 0 spiro atoms. The smallest absolute Gasteiger partial charge is 0.191 e. The van der Waals surface area contributed by atoms with Crippen LogP contribution in [0.3, 0.4) is 0 Å². The SMILES string of the molecule is CSc1nc(NN)cc(Nc2cccc3ccccc23)n1. The topological polar surface area (TPSA) is 75.9 Å². The van der Waals surface area contributed by atoms with Gasteiger partial charge < -0.3 is 10.7 Å². The van der Waals surface area contributed by atoms with Gasteiger partial charge in [0.2, 0.25) is 0 Å². The number of nitrogens with two attached hydrogens (primary N) is 1. The van der Waals surface area contributed by atoms with E-state index < -0.39 is 0 Å².